The number of fused-ring (bicyclic) bond motifs is 9. The van der Waals surface area contributed by atoms with E-state index in [1.807, 2.05) is 6.20 Å². The standard InChI is InChI=1S/C27H17N3/c1-2-13-22-18(9-1)19-10-3-8-16-25(19)30-26(17-28-27(22)30)29-23-14-6-4-11-20(23)21-12-5-7-15-24(21)29/h1-17H. The van der Waals surface area contributed by atoms with Gasteiger partial charge in [-0.2, -0.15) is 0 Å². The highest BCUT2D eigenvalue weighted by molar-refractivity contribution is 6.13. The first-order valence-corrected chi connectivity index (χ1v) is 10.2. The van der Waals surface area contributed by atoms with Crippen LogP contribution in [0.2, 0.25) is 0 Å². The van der Waals surface area contributed by atoms with E-state index >= 15 is 0 Å². The fourth-order valence-electron chi connectivity index (χ4n) is 4.91. The van der Waals surface area contributed by atoms with Crippen LogP contribution >= 0.6 is 0 Å². The molecule has 0 saturated carbocycles. The summed E-state index contributed by atoms with van der Waals surface area (Å²) in [6, 6.07) is 34.4. The third-order valence-electron chi connectivity index (χ3n) is 6.16. The Balaban J connectivity index is 1.75. The van der Waals surface area contributed by atoms with E-state index in [-0.39, 0.29) is 0 Å². The van der Waals surface area contributed by atoms with Crippen molar-refractivity contribution in [1.82, 2.24) is 14.0 Å². The van der Waals surface area contributed by atoms with E-state index in [4.69, 9.17) is 4.98 Å². The molecule has 7 aromatic rings. The predicted octanol–water partition coefficient (Wildman–Crippen LogP) is 6.74. The summed E-state index contributed by atoms with van der Waals surface area (Å²) in [5, 5.41) is 6.16. The molecule has 3 nitrogen and oxygen atoms in total. The molecule has 0 amide bonds. The molecule has 0 unspecified atom stereocenters. The third kappa shape index (κ3) is 1.91. The topological polar surface area (TPSA) is 22.2 Å². The van der Waals surface area contributed by atoms with Crippen LogP contribution in [0.3, 0.4) is 0 Å². The molecule has 0 radical (unpaired) electrons. The highest BCUT2D eigenvalue weighted by atomic mass is 15.2. The van der Waals surface area contributed by atoms with Crippen LogP contribution in [0.5, 0.6) is 0 Å². The number of rotatable bonds is 1. The second-order valence-electron chi connectivity index (χ2n) is 7.71. The first-order valence-electron chi connectivity index (χ1n) is 10.2. The van der Waals surface area contributed by atoms with Crippen molar-refractivity contribution in [2.75, 3.05) is 0 Å². The van der Waals surface area contributed by atoms with E-state index in [1.165, 1.54) is 43.5 Å². The summed E-state index contributed by atoms with van der Waals surface area (Å²) in [6.45, 7) is 0. The molecule has 0 N–H and O–H groups in total. The normalized spacial score (nSPS) is 12.0. The van der Waals surface area contributed by atoms with Crippen molar-refractivity contribution >= 4 is 49.1 Å². The minimum atomic E-state index is 0.987. The molecule has 3 aromatic heterocycles. The van der Waals surface area contributed by atoms with Gasteiger partial charge in [-0.3, -0.25) is 8.97 Å². The van der Waals surface area contributed by atoms with Gasteiger partial charge in [0.05, 0.1) is 22.7 Å². The number of para-hydroxylation sites is 3. The zero-order valence-electron chi connectivity index (χ0n) is 16.2. The molecule has 7 rings (SSSR count). The second kappa shape index (κ2) is 5.71. The van der Waals surface area contributed by atoms with E-state index in [0.29, 0.717) is 0 Å². The number of aromatic nitrogens is 3. The Kier molecular flexibility index (Phi) is 3.00. The Morgan fingerprint density at radius 3 is 1.57 bits per heavy atom. The monoisotopic (exact) mass is 383 g/mol. The lowest BCUT2D eigenvalue weighted by Gasteiger charge is -2.12. The van der Waals surface area contributed by atoms with Crippen LogP contribution in [0.15, 0.2) is 103 Å². The molecule has 0 aliphatic carbocycles. The van der Waals surface area contributed by atoms with Crippen LogP contribution in [0.1, 0.15) is 0 Å². The number of benzene rings is 4. The summed E-state index contributed by atoms with van der Waals surface area (Å²) in [5.74, 6) is 1.06. The maximum atomic E-state index is 4.91. The van der Waals surface area contributed by atoms with Gasteiger partial charge in [-0.1, -0.05) is 78.9 Å². The van der Waals surface area contributed by atoms with Gasteiger partial charge in [0.25, 0.3) is 0 Å². The molecule has 0 aliphatic rings. The smallest absolute Gasteiger partial charge is 0.146 e. The van der Waals surface area contributed by atoms with Crippen molar-refractivity contribution in [2.45, 2.75) is 0 Å². The summed E-state index contributed by atoms with van der Waals surface area (Å²) in [4.78, 5) is 4.91. The molecular formula is C27H17N3. The van der Waals surface area contributed by atoms with Crippen molar-refractivity contribution < 1.29 is 0 Å². The Labute approximate surface area is 172 Å². The molecule has 3 heterocycles. The molecule has 0 bridgehead atoms. The zero-order valence-corrected chi connectivity index (χ0v) is 16.2. The predicted molar refractivity (Wildman–Crippen MR) is 125 cm³/mol. The van der Waals surface area contributed by atoms with E-state index in [9.17, 15) is 0 Å². The number of pyridine rings is 1. The highest BCUT2D eigenvalue weighted by Crippen LogP contribution is 2.35. The minimum absolute atomic E-state index is 0.987. The molecule has 140 valence electrons. The Bertz CT molecular complexity index is 1700. The SMILES string of the molecule is c1ccc2c(c1)c1ccccc1n1c(-n3c4ccccc4c4ccccc43)cnc21. The quantitative estimate of drug-likeness (QED) is 0.288. The van der Waals surface area contributed by atoms with Crippen LogP contribution < -0.4 is 0 Å². The number of hydrogen-bond donors (Lipinski definition) is 0. The van der Waals surface area contributed by atoms with Crippen molar-refractivity contribution in [2.24, 2.45) is 0 Å². The van der Waals surface area contributed by atoms with E-state index in [2.05, 4.69) is 106 Å². The molecule has 0 aliphatic heterocycles. The maximum absolute atomic E-state index is 4.91. The van der Waals surface area contributed by atoms with Crippen LogP contribution in [-0.4, -0.2) is 14.0 Å². The maximum Gasteiger partial charge on any atom is 0.146 e. The van der Waals surface area contributed by atoms with Gasteiger partial charge in [-0.15, -0.1) is 0 Å². The third-order valence-corrected chi connectivity index (χ3v) is 6.16. The Hall–Kier alpha value is -4.11. The number of imidazole rings is 1. The van der Waals surface area contributed by atoms with Crippen molar-refractivity contribution in [3.63, 3.8) is 0 Å². The van der Waals surface area contributed by atoms with Crippen molar-refractivity contribution in [3.05, 3.63) is 103 Å². The van der Waals surface area contributed by atoms with Crippen molar-refractivity contribution in [3.8, 4) is 5.82 Å². The van der Waals surface area contributed by atoms with Gasteiger partial charge in [0, 0.05) is 21.5 Å². The average molecular weight is 383 g/mol. The van der Waals surface area contributed by atoms with Gasteiger partial charge in [-0.25, -0.2) is 4.98 Å². The first kappa shape index (κ1) is 15.8. The Morgan fingerprint density at radius 2 is 0.933 bits per heavy atom. The van der Waals surface area contributed by atoms with Gasteiger partial charge in [0.15, 0.2) is 0 Å². The second-order valence-corrected chi connectivity index (χ2v) is 7.71. The molecular weight excluding hydrogens is 366 g/mol. The molecule has 3 heteroatoms. The fraction of sp³-hybridized carbons (Fsp3) is 0. The van der Waals surface area contributed by atoms with Gasteiger partial charge in [-0.05, 0) is 23.6 Å². The first-order chi connectivity index (χ1) is 14.9. The highest BCUT2D eigenvalue weighted by Gasteiger charge is 2.17. The summed E-state index contributed by atoms with van der Waals surface area (Å²) in [5.41, 5.74) is 4.54. The molecule has 0 spiro atoms. The lowest BCUT2D eigenvalue weighted by Crippen LogP contribution is -2.00. The molecule has 0 atom stereocenters. The average Bonchev–Trinajstić information content (AvgIpc) is 3.39. The van der Waals surface area contributed by atoms with E-state index in [0.717, 1.165) is 11.5 Å². The molecule has 0 saturated heterocycles. The summed E-state index contributed by atoms with van der Waals surface area (Å²) < 4.78 is 4.64. The van der Waals surface area contributed by atoms with Crippen molar-refractivity contribution in [1.29, 1.82) is 0 Å². The van der Waals surface area contributed by atoms with E-state index < -0.39 is 0 Å². The lowest BCUT2D eigenvalue weighted by molar-refractivity contribution is 1.07. The molecule has 4 aromatic carbocycles. The van der Waals surface area contributed by atoms with Gasteiger partial charge in [0.2, 0.25) is 0 Å². The van der Waals surface area contributed by atoms with Gasteiger partial charge >= 0.3 is 0 Å². The van der Waals surface area contributed by atoms with Crippen LogP contribution in [0, 0.1) is 0 Å². The summed E-state index contributed by atoms with van der Waals surface area (Å²) in [7, 11) is 0. The number of nitrogens with zero attached hydrogens (tertiary/aromatic N) is 3. The minimum Gasteiger partial charge on any atom is -0.294 e. The molecule has 30 heavy (non-hydrogen) atoms. The van der Waals surface area contributed by atoms with Crippen LogP contribution in [-0.2, 0) is 0 Å². The zero-order chi connectivity index (χ0) is 19.7. The van der Waals surface area contributed by atoms with Gasteiger partial charge in [0.1, 0.15) is 11.5 Å². The molecule has 0 fully saturated rings. The largest absolute Gasteiger partial charge is 0.294 e. The Morgan fingerprint density at radius 1 is 0.467 bits per heavy atom. The summed E-state index contributed by atoms with van der Waals surface area (Å²) >= 11 is 0. The van der Waals surface area contributed by atoms with Crippen LogP contribution in [0.25, 0.3) is 54.9 Å². The van der Waals surface area contributed by atoms with Gasteiger partial charge < -0.3 is 0 Å². The fourth-order valence-corrected chi connectivity index (χ4v) is 4.91. The number of hydrogen-bond acceptors (Lipinski definition) is 1. The van der Waals surface area contributed by atoms with Crippen LogP contribution in [0.4, 0.5) is 0 Å². The lowest BCUT2D eigenvalue weighted by atomic mass is 10.1. The summed E-state index contributed by atoms with van der Waals surface area (Å²) in [6.07, 6.45) is 2.01. The van der Waals surface area contributed by atoms with E-state index in [1.54, 1.807) is 0 Å².